The number of nitrogens with one attached hydrogen (secondary N) is 1. The van der Waals surface area contributed by atoms with Gasteiger partial charge in [-0.25, -0.2) is 0 Å². The number of ether oxygens (including phenoxy) is 1. The first-order valence-corrected chi connectivity index (χ1v) is 12.2. The molecule has 2 aromatic rings. The second kappa shape index (κ2) is 9.58. The summed E-state index contributed by atoms with van der Waals surface area (Å²) in [5, 5.41) is 2.35. The summed E-state index contributed by atoms with van der Waals surface area (Å²) in [7, 11) is 2.17. The fourth-order valence-electron chi connectivity index (χ4n) is 5.51. The van der Waals surface area contributed by atoms with E-state index in [0.29, 0.717) is 24.6 Å². The molecule has 3 atom stereocenters. The Hall–Kier alpha value is -3.19. The first-order valence-electron chi connectivity index (χ1n) is 12.2. The van der Waals surface area contributed by atoms with Crippen LogP contribution in [0.15, 0.2) is 48.5 Å². The van der Waals surface area contributed by atoms with E-state index in [2.05, 4.69) is 41.5 Å². The molecule has 2 aromatic carbocycles. The third kappa shape index (κ3) is 4.57. The molecule has 3 amide bonds. The highest BCUT2D eigenvalue weighted by molar-refractivity contribution is 6.05. The number of amides is 3. The Morgan fingerprint density at radius 2 is 1.82 bits per heavy atom. The van der Waals surface area contributed by atoms with E-state index < -0.39 is 6.04 Å². The van der Waals surface area contributed by atoms with E-state index in [1.54, 1.807) is 4.90 Å². The van der Waals surface area contributed by atoms with E-state index in [4.69, 9.17) is 4.74 Å². The summed E-state index contributed by atoms with van der Waals surface area (Å²) >= 11 is 0. The normalized spacial score (nSPS) is 24.8. The van der Waals surface area contributed by atoms with Crippen molar-refractivity contribution in [1.29, 1.82) is 0 Å². The molecule has 2 fully saturated rings. The lowest BCUT2D eigenvalue weighted by molar-refractivity contribution is -0.136. The van der Waals surface area contributed by atoms with Crippen LogP contribution in [0.1, 0.15) is 60.0 Å². The number of benzene rings is 2. The summed E-state index contributed by atoms with van der Waals surface area (Å²) in [6, 6.07) is 15.8. The fraction of sp³-hybridized carbons (Fsp3) is 0.444. The highest BCUT2D eigenvalue weighted by Gasteiger charge is 2.39. The largest absolute Gasteiger partial charge is 0.489 e. The SMILES string of the molecule is CN(Cc1ccccc1)C1CCCCC1Oc1ccc2c(c1)CN(C1CCC(=O)NC1=O)C2=O. The summed E-state index contributed by atoms with van der Waals surface area (Å²) in [6.45, 7) is 1.24. The molecule has 0 aromatic heterocycles. The van der Waals surface area contributed by atoms with Crippen molar-refractivity contribution in [3.63, 3.8) is 0 Å². The van der Waals surface area contributed by atoms with Gasteiger partial charge in [-0.05, 0) is 62.1 Å². The van der Waals surface area contributed by atoms with Crippen LogP contribution in [0, 0.1) is 0 Å². The molecule has 3 aliphatic rings. The number of likely N-dealkylation sites (N-methyl/N-ethyl adjacent to an activating group) is 1. The lowest BCUT2D eigenvalue weighted by atomic mass is 9.91. The molecule has 1 N–H and O–H groups in total. The second-order valence-electron chi connectivity index (χ2n) is 9.63. The molecule has 1 aliphatic carbocycles. The smallest absolute Gasteiger partial charge is 0.255 e. The molecule has 7 heteroatoms. The zero-order chi connectivity index (χ0) is 23.7. The second-order valence-corrected chi connectivity index (χ2v) is 9.63. The van der Waals surface area contributed by atoms with Crippen LogP contribution in [-0.2, 0) is 22.7 Å². The molecule has 2 aliphatic heterocycles. The topological polar surface area (TPSA) is 79.0 Å². The number of rotatable bonds is 6. The van der Waals surface area contributed by atoms with Crippen molar-refractivity contribution in [3.8, 4) is 5.75 Å². The van der Waals surface area contributed by atoms with E-state index in [9.17, 15) is 14.4 Å². The minimum atomic E-state index is -0.601. The Balaban J connectivity index is 1.28. The van der Waals surface area contributed by atoms with Gasteiger partial charge >= 0.3 is 0 Å². The van der Waals surface area contributed by atoms with Gasteiger partial charge in [-0.3, -0.25) is 24.6 Å². The molecule has 1 saturated heterocycles. The number of carbonyl (C=O) groups excluding carboxylic acids is 3. The molecular weight excluding hydrogens is 430 g/mol. The summed E-state index contributed by atoms with van der Waals surface area (Å²) in [4.78, 5) is 40.7. The van der Waals surface area contributed by atoms with Crippen LogP contribution >= 0.6 is 0 Å². The first kappa shape index (κ1) is 22.6. The monoisotopic (exact) mass is 461 g/mol. The predicted molar refractivity (Wildman–Crippen MR) is 127 cm³/mol. The highest BCUT2D eigenvalue weighted by Crippen LogP contribution is 2.33. The quantitative estimate of drug-likeness (QED) is 0.668. The van der Waals surface area contributed by atoms with Gasteiger partial charge in [-0.1, -0.05) is 36.8 Å². The van der Waals surface area contributed by atoms with Crippen molar-refractivity contribution < 1.29 is 19.1 Å². The van der Waals surface area contributed by atoms with Gasteiger partial charge in [-0.2, -0.15) is 0 Å². The molecule has 34 heavy (non-hydrogen) atoms. The van der Waals surface area contributed by atoms with E-state index in [-0.39, 0.29) is 30.2 Å². The number of hydrogen-bond acceptors (Lipinski definition) is 5. The van der Waals surface area contributed by atoms with Crippen LogP contribution < -0.4 is 10.1 Å². The van der Waals surface area contributed by atoms with Crippen LogP contribution in [0.5, 0.6) is 5.75 Å². The van der Waals surface area contributed by atoms with Gasteiger partial charge in [0.2, 0.25) is 11.8 Å². The van der Waals surface area contributed by atoms with E-state index in [0.717, 1.165) is 37.1 Å². The average Bonchev–Trinajstić information content (AvgIpc) is 3.15. The van der Waals surface area contributed by atoms with Crippen molar-refractivity contribution in [1.82, 2.24) is 15.1 Å². The number of piperidine rings is 1. The molecule has 7 nitrogen and oxygen atoms in total. The van der Waals surface area contributed by atoms with Crippen LogP contribution in [0.25, 0.3) is 0 Å². The highest BCUT2D eigenvalue weighted by atomic mass is 16.5. The van der Waals surface area contributed by atoms with Gasteiger partial charge in [0.05, 0.1) is 0 Å². The summed E-state index contributed by atoms with van der Waals surface area (Å²) in [5.74, 6) is -0.0587. The number of imide groups is 1. The molecular formula is C27H31N3O4. The zero-order valence-corrected chi connectivity index (χ0v) is 19.5. The van der Waals surface area contributed by atoms with Crippen LogP contribution in [-0.4, -0.2) is 52.8 Å². The Morgan fingerprint density at radius 3 is 2.62 bits per heavy atom. The van der Waals surface area contributed by atoms with Gasteiger partial charge < -0.3 is 9.64 Å². The number of nitrogens with zero attached hydrogens (tertiary/aromatic N) is 2. The van der Waals surface area contributed by atoms with Crippen molar-refractivity contribution in [3.05, 3.63) is 65.2 Å². The van der Waals surface area contributed by atoms with E-state index in [1.807, 2.05) is 24.3 Å². The molecule has 2 heterocycles. The third-order valence-electron chi connectivity index (χ3n) is 7.29. The van der Waals surface area contributed by atoms with Gasteiger partial charge in [0.25, 0.3) is 5.91 Å². The van der Waals surface area contributed by atoms with Crippen molar-refractivity contribution in [2.45, 2.75) is 69.8 Å². The van der Waals surface area contributed by atoms with Crippen LogP contribution in [0.2, 0.25) is 0 Å². The Kier molecular flexibility index (Phi) is 6.37. The van der Waals surface area contributed by atoms with Gasteiger partial charge in [-0.15, -0.1) is 0 Å². The van der Waals surface area contributed by atoms with Gasteiger partial charge in [0.15, 0.2) is 0 Å². The minimum absolute atomic E-state index is 0.0869. The average molecular weight is 462 g/mol. The number of fused-ring (bicyclic) bond motifs is 1. The molecule has 5 rings (SSSR count). The Bertz CT molecular complexity index is 1090. The number of hydrogen-bond donors (Lipinski definition) is 1. The first-order chi connectivity index (χ1) is 16.5. The molecule has 178 valence electrons. The maximum absolute atomic E-state index is 13.0. The molecule has 3 unspecified atom stereocenters. The summed E-state index contributed by atoms with van der Waals surface area (Å²) in [5.41, 5.74) is 2.77. The molecule has 0 bridgehead atoms. The summed E-state index contributed by atoms with van der Waals surface area (Å²) < 4.78 is 6.51. The van der Waals surface area contributed by atoms with E-state index in [1.165, 1.54) is 12.0 Å². The predicted octanol–water partition coefficient (Wildman–Crippen LogP) is 3.27. The number of carbonyl (C=O) groups is 3. The van der Waals surface area contributed by atoms with Crippen molar-refractivity contribution in [2.75, 3.05) is 7.05 Å². The van der Waals surface area contributed by atoms with Crippen LogP contribution in [0.3, 0.4) is 0 Å². The van der Waals surface area contributed by atoms with Crippen LogP contribution in [0.4, 0.5) is 0 Å². The lowest BCUT2D eigenvalue weighted by Crippen LogP contribution is -2.52. The fourth-order valence-corrected chi connectivity index (χ4v) is 5.51. The Morgan fingerprint density at radius 1 is 1.03 bits per heavy atom. The van der Waals surface area contributed by atoms with Crippen molar-refractivity contribution >= 4 is 17.7 Å². The molecule has 0 radical (unpaired) electrons. The molecule has 0 spiro atoms. The summed E-state index contributed by atoms with van der Waals surface area (Å²) in [6.07, 6.45) is 5.15. The molecule has 1 saturated carbocycles. The maximum Gasteiger partial charge on any atom is 0.255 e. The van der Waals surface area contributed by atoms with Gasteiger partial charge in [0, 0.05) is 31.1 Å². The lowest BCUT2D eigenvalue weighted by Gasteiger charge is -2.38. The van der Waals surface area contributed by atoms with E-state index >= 15 is 0 Å². The zero-order valence-electron chi connectivity index (χ0n) is 19.5. The standard InChI is InChI=1S/C27H31N3O4/c1-29(16-18-7-3-2-4-8-18)22-9-5-6-10-24(22)34-20-11-12-21-19(15-20)17-30(27(21)33)23-13-14-25(31)28-26(23)32/h2-4,7-8,11-12,15,22-24H,5-6,9-10,13-14,16-17H2,1H3,(H,28,31,32). The Labute approximate surface area is 200 Å². The maximum atomic E-state index is 13.0. The third-order valence-corrected chi connectivity index (χ3v) is 7.29. The minimum Gasteiger partial charge on any atom is -0.489 e. The van der Waals surface area contributed by atoms with Crippen molar-refractivity contribution in [2.24, 2.45) is 0 Å². The van der Waals surface area contributed by atoms with Gasteiger partial charge in [0.1, 0.15) is 17.9 Å².